The summed E-state index contributed by atoms with van der Waals surface area (Å²) in [5, 5.41) is 13.3. The fourth-order valence-corrected chi connectivity index (χ4v) is 9.40. The highest BCUT2D eigenvalue weighted by Crippen LogP contribution is 2.33. The number of ketones is 2. The summed E-state index contributed by atoms with van der Waals surface area (Å²) >= 11 is 0. The van der Waals surface area contributed by atoms with Crippen LogP contribution in [0.5, 0.6) is 11.5 Å². The molecule has 6 aromatic rings. The van der Waals surface area contributed by atoms with Crippen molar-refractivity contribution >= 4 is 57.3 Å². The molecule has 1 amide bonds. The maximum absolute atomic E-state index is 13.9. The first-order valence-corrected chi connectivity index (χ1v) is 25.5. The molecule has 2 atom stereocenters. The molecule has 2 aliphatic rings. The lowest BCUT2D eigenvalue weighted by Crippen LogP contribution is -2.49. The standard InChI is InChI=1S/C31H39N5O7.C25H31N5O3.CH4/c1-19(2)12-14-36-26-25(32-18-35(28(26)38)17-23(37)20-9-7-11-22(15-20)42-6)24(29(39)40)27(36)34-13-8-10-21(16-34)33-30(41)43-31(3,4)5;1-17(2)9-11-30-23(28-10-5-7-19(26)14-28)13-21-24(30)25(32)29(16-27-21)15-22(31)18-6-4-8-20(12-18)33-3;/h7,9,11-12,15,18,21H,8,10,13-14,16-17H2,1-6H3,(H,33,41)(H,39,40);4,6,8-9,12-13,16,19H,5,7,10-11,14-15,26H2,1-3H3;1H4/t21-;19-;/m11./s1. The average Bonchev–Trinajstić information content (AvgIpc) is 3.94. The van der Waals surface area contributed by atoms with Crippen LogP contribution in [0.1, 0.15) is 113 Å². The number of piperidine rings is 2. The lowest BCUT2D eigenvalue weighted by Gasteiger charge is -2.35. The summed E-state index contributed by atoms with van der Waals surface area (Å²) in [5.41, 5.74) is 8.97. The molecular formula is C57H74N10O10. The number of amides is 1. The third-order valence-electron chi connectivity index (χ3n) is 13.1. The van der Waals surface area contributed by atoms with Crippen molar-refractivity contribution in [2.24, 2.45) is 5.73 Å². The smallest absolute Gasteiger partial charge is 0.407 e. The van der Waals surface area contributed by atoms with Crippen molar-refractivity contribution in [1.82, 2.24) is 33.6 Å². The molecule has 2 fully saturated rings. The van der Waals surface area contributed by atoms with E-state index in [1.807, 2.05) is 49.3 Å². The molecule has 0 saturated carbocycles. The highest BCUT2D eigenvalue weighted by atomic mass is 16.6. The molecule has 412 valence electrons. The van der Waals surface area contributed by atoms with Crippen molar-refractivity contribution in [2.45, 2.75) is 125 Å². The fourth-order valence-electron chi connectivity index (χ4n) is 9.40. The summed E-state index contributed by atoms with van der Waals surface area (Å²) in [4.78, 5) is 91.6. The van der Waals surface area contributed by atoms with E-state index >= 15 is 0 Å². The number of Topliss-reactive ketones (excluding diaryl/α,β-unsaturated/α-hetero) is 2. The van der Waals surface area contributed by atoms with E-state index in [9.17, 15) is 33.9 Å². The van der Waals surface area contributed by atoms with Crippen molar-refractivity contribution in [3.05, 3.63) is 128 Å². The van der Waals surface area contributed by atoms with E-state index < -0.39 is 23.2 Å². The summed E-state index contributed by atoms with van der Waals surface area (Å²) in [7, 11) is 3.06. The molecule has 6 heterocycles. The molecular weight excluding hydrogens is 985 g/mol. The predicted octanol–water partition coefficient (Wildman–Crippen LogP) is 7.87. The Bertz CT molecular complexity index is 3310. The van der Waals surface area contributed by atoms with Gasteiger partial charge in [0.05, 0.1) is 45.5 Å². The molecule has 0 radical (unpaired) electrons. The fraction of sp³-hybridized carbons (Fsp3) is 0.439. The zero-order valence-corrected chi connectivity index (χ0v) is 44.9. The van der Waals surface area contributed by atoms with Crippen LogP contribution in [0, 0.1) is 0 Å². The SMILES string of the molecule is C.COc1cccc(C(=O)Cn2cnc3c(C(=O)O)c(N4CCC[C@@H](NC(=O)OC(C)(C)C)C4)n(CC=C(C)C)c3c2=O)c1.COc1cccc(C(=O)Cn2cnc3cc(N4CCC[C@@H](N)C4)n(CC=C(C)C)c3c2=O)c1. The van der Waals surface area contributed by atoms with Gasteiger partial charge >= 0.3 is 12.1 Å². The number of nitrogens with one attached hydrogen (secondary N) is 1. The van der Waals surface area contributed by atoms with E-state index in [1.165, 1.54) is 28.9 Å². The van der Waals surface area contributed by atoms with Gasteiger partial charge in [-0.2, -0.15) is 0 Å². The number of carbonyl (C=O) groups is 4. The van der Waals surface area contributed by atoms with Gasteiger partial charge in [0.2, 0.25) is 0 Å². The zero-order valence-electron chi connectivity index (χ0n) is 44.9. The molecule has 20 heteroatoms. The zero-order chi connectivity index (χ0) is 55.0. The number of aromatic carboxylic acids is 1. The van der Waals surface area contributed by atoms with Crippen LogP contribution in [-0.4, -0.2) is 115 Å². The predicted molar refractivity (Wildman–Crippen MR) is 299 cm³/mol. The van der Waals surface area contributed by atoms with Gasteiger partial charge in [0, 0.05) is 68.5 Å². The average molecular weight is 1060 g/mol. The number of benzene rings is 2. The maximum Gasteiger partial charge on any atom is 0.407 e. The number of carboxylic acids is 1. The van der Waals surface area contributed by atoms with E-state index in [2.05, 4.69) is 26.3 Å². The normalized spacial score (nSPS) is 15.4. The first kappa shape index (κ1) is 58.3. The Morgan fingerprint density at radius 3 is 1.84 bits per heavy atom. The van der Waals surface area contributed by atoms with Crippen molar-refractivity contribution in [3.63, 3.8) is 0 Å². The van der Waals surface area contributed by atoms with Gasteiger partial charge in [0.1, 0.15) is 50.8 Å². The molecule has 4 aromatic heterocycles. The topological polar surface area (TPSA) is 240 Å². The van der Waals surface area contributed by atoms with Crippen LogP contribution in [-0.2, 0) is 30.9 Å². The molecule has 4 N–H and O–H groups in total. The Morgan fingerprint density at radius 1 is 0.753 bits per heavy atom. The van der Waals surface area contributed by atoms with Gasteiger partial charge in [0.25, 0.3) is 11.1 Å². The van der Waals surface area contributed by atoms with Gasteiger partial charge in [-0.3, -0.25) is 28.3 Å². The number of methoxy groups -OCH3 is 2. The van der Waals surface area contributed by atoms with E-state index in [1.54, 1.807) is 81.0 Å². The number of carbonyl (C=O) groups excluding carboxylic acids is 3. The number of nitrogens with zero attached hydrogens (tertiary/aromatic N) is 8. The van der Waals surface area contributed by atoms with Crippen LogP contribution in [0.25, 0.3) is 22.1 Å². The summed E-state index contributed by atoms with van der Waals surface area (Å²) < 4.78 is 22.1. The monoisotopic (exact) mass is 1060 g/mol. The Balaban J connectivity index is 0.000000254. The number of aromatic nitrogens is 6. The number of alkyl carbamates (subject to hydrolysis) is 1. The van der Waals surface area contributed by atoms with Crippen LogP contribution in [0.2, 0.25) is 0 Å². The number of anilines is 2. The summed E-state index contributed by atoms with van der Waals surface area (Å²) in [6.45, 7) is 16.1. The lowest BCUT2D eigenvalue weighted by molar-refractivity contribution is 0.0498. The minimum Gasteiger partial charge on any atom is -0.497 e. The Hall–Kier alpha value is -8.00. The lowest BCUT2D eigenvalue weighted by atomic mass is 10.1. The number of allylic oxidation sites excluding steroid dienone is 4. The number of carboxylic acid groups (broad SMARTS) is 1. The Morgan fingerprint density at radius 2 is 1.30 bits per heavy atom. The highest BCUT2D eigenvalue weighted by molar-refractivity contribution is 6.07. The molecule has 2 aliphatic heterocycles. The number of hydrogen-bond acceptors (Lipinski definition) is 14. The minimum absolute atomic E-state index is 0. The molecule has 0 bridgehead atoms. The third-order valence-corrected chi connectivity index (χ3v) is 13.1. The number of ether oxygens (including phenoxy) is 3. The number of nitrogens with two attached hydrogens (primary N) is 1. The molecule has 0 spiro atoms. The van der Waals surface area contributed by atoms with Gasteiger partial charge in [-0.1, -0.05) is 55.0 Å². The van der Waals surface area contributed by atoms with Crippen LogP contribution in [0.15, 0.2) is 100 Å². The van der Waals surface area contributed by atoms with Crippen LogP contribution >= 0.6 is 0 Å². The maximum atomic E-state index is 13.9. The molecule has 2 aromatic carbocycles. The second-order valence-corrected chi connectivity index (χ2v) is 20.7. The second kappa shape index (κ2) is 25.2. The van der Waals surface area contributed by atoms with Gasteiger partial charge in [-0.25, -0.2) is 19.6 Å². The molecule has 20 nitrogen and oxygen atoms in total. The Labute approximate surface area is 448 Å². The van der Waals surface area contributed by atoms with Crippen LogP contribution < -0.4 is 41.4 Å². The first-order chi connectivity index (χ1) is 36.2. The molecule has 8 rings (SSSR count). The minimum atomic E-state index is -1.23. The number of hydrogen-bond donors (Lipinski definition) is 3. The highest BCUT2D eigenvalue weighted by Gasteiger charge is 2.33. The number of fused-ring (bicyclic) bond motifs is 2. The van der Waals surface area contributed by atoms with E-state index in [0.717, 1.165) is 42.9 Å². The Kier molecular flexibility index (Phi) is 19.1. The van der Waals surface area contributed by atoms with Gasteiger partial charge in [-0.05, 0) is 98.4 Å². The summed E-state index contributed by atoms with van der Waals surface area (Å²) in [6, 6.07) is 15.3. The van der Waals surface area contributed by atoms with Gasteiger partial charge in [-0.15, -0.1) is 0 Å². The molecule has 77 heavy (non-hydrogen) atoms. The van der Waals surface area contributed by atoms with Crippen LogP contribution in [0.3, 0.4) is 0 Å². The molecule has 2 saturated heterocycles. The quantitative estimate of drug-likeness (QED) is 0.0617. The molecule has 0 aliphatic carbocycles. The van der Waals surface area contributed by atoms with Crippen molar-refractivity contribution in [2.75, 3.05) is 50.2 Å². The van der Waals surface area contributed by atoms with Gasteiger partial charge in [0.15, 0.2) is 11.6 Å². The van der Waals surface area contributed by atoms with Gasteiger partial charge < -0.3 is 49.3 Å². The van der Waals surface area contributed by atoms with E-state index in [0.29, 0.717) is 72.0 Å². The second-order valence-electron chi connectivity index (χ2n) is 20.7. The first-order valence-electron chi connectivity index (χ1n) is 25.5. The summed E-state index contributed by atoms with van der Waals surface area (Å²) in [5.74, 6) is 0.657. The van der Waals surface area contributed by atoms with Crippen LogP contribution in [0.4, 0.5) is 16.4 Å². The van der Waals surface area contributed by atoms with E-state index in [-0.39, 0.29) is 72.9 Å². The van der Waals surface area contributed by atoms with Crippen molar-refractivity contribution < 1.29 is 38.5 Å². The van der Waals surface area contributed by atoms with E-state index in [4.69, 9.17) is 19.9 Å². The third kappa shape index (κ3) is 14.1. The summed E-state index contributed by atoms with van der Waals surface area (Å²) in [6.07, 6.45) is 9.49. The number of rotatable bonds is 16. The van der Waals surface area contributed by atoms with Crippen molar-refractivity contribution in [1.29, 1.82) is 0 Å². The molecule has 0 unspecified atom stereocenters. The van der Waals surface area contributed by atoms with Crippen molar-refractivity contribution in [3.8, 4) is 11.5 Å². The largest absolute Gasteiger partial charge is 0.497 e.